The van der Waals surface area contributed by atoms with Gasteiger partial charge in [0.1, 0.15) is 17.9 Å². The zero-order valence-electron chi connectivity index (χ0n) is 23.7. The normalized spacial score (nSPS) is 12.7. The monoisotopic (exact) mass is 552 g/mol. The second-order valence-electron chi connectivity index (χ2n) is 8.98. The van der Waals surface area contributed by atoms with E-state index in [2.05, 4.69) is 78.3 Å². The summed E-state index contributed by atoms with van der Waals surface area (Å²) in [4.78, 5) is 35.4. The molecule has 2 amide bonds. The summed E-state index contributed by atoms with van der Waals surface area (Å²) in [6, 6.07) is 3.65. The molecule has 218 valence electrons. The molecule has 0 radical (unpaired) electrons. The van der Waals surface area contributed by atoms with E-state index in [0.717, 1.165) is 51.0 Å². The third-order valence-corrected chi connectivity index (χ3v) is 5.81. The van der Waals surface area contributed by atoms with E-state index in [4.69, 9.17) is 9.84 Å². The molecule has 1 unspecified atom stereocenters. The van der Waals surface area contributed by atoms with Crippen LogP contribution in [0.3, 0.4) is 0 Å². The summed E-state index contributed by atoms with van der Waals surface area (Å²) >= 11 is 0. The topological polar surface area (TPSA) is 125 Å². The Morgan fingerprint density at radius 3 is 2.00 bits per heavy atom. The van der Waals surface area contributed by atoms with Gasteiger partial charge in [-0.15, -0.1) is 0 Å². The highest BCUT2D eigenvalue weighted by Crippen LogP contribution is 2.21. The number of ether oxygens (including phenoxy) is 1. The molecule has 1 aromatic carbocycles. The number of anilines is 1. The lowest BCUT2D eigenvalue weighted by molar-refractivity contribution is -0.125. The molecule has 0 fully saturated rings. The molecule has 8 nitrogen and oxygen atoms in total. The molecule has 0 saturated heterocycles. The number of amides is 2. The largest absolute Gasteiger partial charge is 0.507 e. The van der Waals surface area contributed by atoms with Crippen molar-refractivity contribution < 1.29 is 29.3 Å². The van der Waals surface area contributed by atoms with E-state index >= 15 is 0 Å². The van der Waals surface area contributed by atoms with Gasteiger partial charge in [-0.25, -0.2) is 9.59 Å². The van der Waals surface area contributed by atoms with Crippen molar-refractivity contribution in [1.82, 2.24) is 5.32 Å². The van der Waals surface area contributed by atoms with Crippen LogP contribution in [0, 0.1) is 5.92 Å². The van der Waals surface area contributed by atoms with Crippen LogP contribution in [0.2, 0.25) is 0 Å². The maximum absolute atomic E-state index is 12.4. The molecule has 4 N–H and O–H groups in total. The van der Waals surface area contributed by atoms with Gasteiger partial charge < -0.3 is 20.3 Å². The van der Waals surface area contributed by atoms with Gasteiger partial charge in [0.25, 0.3) is 0 Å². The molecule has 0 aliphatic rings. The van der Waals surface area contributed by atoms with E-state index in [-0.39, 0.29) is 36.2 Å². The Labute approximate surface area is 238 Å². The summed E-state index contributed by atoms with van der Waals surface area (Å²) in [7, 11) is 0. The molecule has 0 saturated carbocycles. The Hall–Kier alpha value is -4.07. The molecule has 0 spiro atoms. The van der Waals surface area contributed by atoms with Gasteiger partial charge in [-0.05, 0) is 69.6 Å². The van der Waals surface area contributed by atoms with Crippen molar-refractivity contribution in [2.24, 2.45) is 5.92 Å². The van der Waals surface area contributed by atoms with Crippen LogP contribution in [0.15, 0.2) is 79.0 Å². The molecule has 1 atom stereocenters. The quantitative estimate of drug-likeness (QED) is 0.0810. The zero-order valence-corrected chi connectivity index (χ0v) is 23.7. The minimum Gasteiger partial charge on any atom is -0.507 e. The van der Waals surface area contributed by atoms with Crippen LogP contribution in [0.1, 0.15) is 75.6 Å². The van der Waals surface area contributed by atoms with E-state index in [0.29, 0.717) is 6.42 Å². The summed E-state index contributed by atoms with van der Waals surface area (Å²) in [5.74, 6) is -1.92. The van der Waals surface area contributed by atoms with E-state index in [1.807, 2.05) is 6.92 Å². The lowest BCUT2D eigenvalue weighted by Gasteiger charge is -2.14. The summed E-state index contributed by atoms with van der Waals surface area (Å²) in [5.41, 5.74) is -0.162. The fourth-order valence-electron chi connectivity index (χ4n) is 3.59. The third-order valence-electron chi connectivity index (χ3n) is 5.81. The van der Waals surface area contributed by atoms with Gasteiger partial charge in [0.05, 0.1) is 6.54 Å². The van der Waals surface area contributed by atoms with Gasteiger partial charge in [0.2, 0.25) is 5.91 Å². The van der Waals surface area contributed by atoms with Crippen molar-refractivity contribution in [2.45, 2.75) is 65.2 Å². The Balaban J connectivity index is 2.18. The highest BCUT2D eigenvalue weighted by atomic mass is 16.5. The molecule has 1 aromatic rings. The summed E-state index contributed by atoms with van der Waals surface area (Å²) < 4.78 is 5.03. The molecule has 8 heteroatoms. The Morgan fingerprint density at radius 1 is 0.875 bits per heavy atom. The molecular weight excluding hydrogens is 508 g/mol. The third kappa shape index (κ3) is 16.0. The molecular formula is C32H44N2O6. The molecule has 1 rings (SSSR count). The number of phenols is 1. The number of nitrogens with one attached hydrogen (secondary N) is 2. The lowest BCUT2D eigenvalue weighted by Crippen LogP contribution is -2.33. The highest BCUT2D eigenvalue weighted by molar-refractivity contribution is 5.94. The maximum Gasteiger partial charge on any atom is 0.411 e. The van der Waals surface area contributed by atoms with Crippen LogP contribution >= 0.6 is 0 Å². The fourth-order valence-corrected chi connectivity index (χ4v) is 3.59. The number of carbonyl (C=O) groups is 3. The second kappa shape index (κ2) is 21.8. The van der Waals surface area contributed by atoms with E-state index in [1.54, 1.807) is 0 Å². The maximum atomic E-state index is 12.4. The Bertz CT molecular complexity index is 1060. The Kier molecular flexibility index (Phi) is 18.5. The minimum absolute atomic E-state index is 0.0351. The van der Waals surface area contributed by atoms with Gasteiger partial charge in [0, 0.05) is 11.6 Å². The number of hydrogen-bond acceptors (Lipinski definition) is 5. The van der Waals surface area contributed by atoms with Crippen LogP contribution in [0.5, 0.6) is 5.75 Å². The summed E-state index contributed by atoms with van der Waals surface area (Å²) in [6.45, 7) is 4.23. The van der Waals surface area contributed by atoms with Gasteiger partial charge >= 0.3 is 12.1 Å². The van der Waals surface area contributed by atoms with Crippen LogP contribution < -0.4 is 10.6 Å². The van der Waals surface area contributed by atoms with Gasteiger partial charge in [-0.3, -0.25) is 10.1 Å². The number of carboxylic acids is 1. The molecule has 0 aromatic heterocycles. The van der Waals surface area contributed by atoms with E-state index in [1.165, 1.54) is 12.1 Å². The first kappa shape index (κ1) is 34.0. The van der Waals surface area contributed by atoms with Crippen LogP contribution in [-0.2, 0) is 9.53 Å². The number of benzene rings is 1. The first-order valence-corrected chi connectivity index (χ1v) is 13.9. The number of carboxylic acid groups (broad SMARTS) is 1. The fraction of sp³-hybridized carbons (Fsp3) is 0.406. The molecule has 0 aliphatic carbocycles. The van der Waals surface area contributed by atoms with Crippen LogP contribution in [0.4, 0.5) is 10.5 Å². The number of rotatable bonds is 19. The number of carbonyl (C=O) groups excluding carboxylic acids is 2. The molecule has 40 heavy (non-hydrogen) atoms. The SMILES string of the molecule is CCC=CCC=CCC=CCC=CCC=CCCC(CC)C(=O)NCCOC(=O)Nc1ccc(O)c(C(=O)O)c1. The van der Waals surface area contributed by atoms with Gasteiger partial charge in [-0.2, -0.15) is 0 Å². The van der Waals surface area contributed by atoms with Gasteiger partial charge in [0.15, 0.2) is 0 Å². The summed E-state index contributed by atoms with van der Waals surface area (Å²) in [5, 5.41) is 23.7. The second-order valence-corrected chi connectivity index (χ2v) is 8.98. The molecule has 0 aliphatic heterocycles. The standard InChI is InChI=1S/C32H44N2O6/c1-3-5-6-7-8-9-10-11-12-13-14-15-16-17-18-19-20-26(4-2)30(36)33-23-24-40-32(39)34-27-21-22-29(35)28(25-27)31(37)38/h5-6,8-9,11-12,14-15,17-18,21-22,25-26,35H,3-4,7,10,13,16,19-20,23-24H2,1-2H3,(H,33,36)(H,34,39)(H,37,38). The average molecular weight is 553 g/mol. The molecule has 0 heterocycles. The van der Waals surface area contributed by atoms with Crippen LogP contribution in [-0.4, -0.2) is 41.3 Å². The van der Waals surface area contributed by atoms with Crippen molar-refractivity contribution in [1.29, 1.82) is 0 Å². The van der Waals surface area contributed by atoms with Crippen molar-refractivity contribution in [3.8, 4) is 5.75 Å². The number of allylic oxidation sites excluding steroid dienone is 10. The zero-order chi connectivity index (χ0) is 29.4. The number of aromatic hydroxyl groups is 1. The van der Waals surface area contributed by atoms with E-state index in [9.17, 15) is 19.5 Å². The summed E-state index contributed by atoms with van der Waals surface area (Å²) in [6.07, 6.45) is 27.8. The van der Waals surface area contributed by atoms with Crippen molar-refractivity contribution >= 4 is 23.7 Å². The molecule has 0 bridgehead atoms. The average Bonchev–Trinajstić information content (AvgIpc) is 2.93. The smallest absolute Gasteiger partial charge is 0.411 e. The predicted octanol–water partition coefficient (Wildman–Crippen LogP) is 7.31. The van der Waals surface area contributed by atoms with E-state index < -0.39 is 17.8 Å². The number of hydrogen-bond donors (Lipinski definition) is 4. The first-order chi connectivity index (χ1) is 19.4. The van der Waals surface area contributed by atoms with Gasteiger partial charge in [-0.1, -0.05) is 74.6 Å². The van der Waals surface area contributed by atoms with Crippen LogP contribution in [0.25, 0.3) is 0 Å². The van der Waals surface area contributed by atoms with Crippen molar-refractivity contribution in [2.75, 3.05) is 18.5 Å². The Morgan fingerprint density at radius 2 is 1.45 bits per heavy atom. The van der Waals surface area contributed by atoms with Crippen molar-refractivity contribution in [3.63, 3.8) is 0 Å². The predicted molar refractivity (Wildman–Crippen MR) is 161 cm³/mol. The highest BCUT2D eigenvalue weighted by Gasteiger charge is 2.15. The minimum atomic E-state index is -1.32. The lowest BCUT2D eigenvalue weighted by atomic mass is 9.99. The first-order valence-electron chi connectivity index (χ1n) is 13.9. The van der Waals surface area contributed by atoms with Crippen molar-refractivity contribution in [3.05, 3.63) is 84.5 Å². The number of aromatic carboxylic acids is 1.